The molecule has 0 aliphatic rings. The van der Waals surface area contributed by atoms with Crippen molar-refractivity contribution in [3.8, 4) is 11.5 Å². The third-order valence-electron chi connectivity index (χ3n) is 2.66. The lowest BCUT2D eigenvalue weighted by Gasteiger charge is -2.13. The minimum Gasteiger partial charge on any atom is -0.490 e. The number of aliphatic hydroxyl groups is 1. The van der Waals surface area contributed by atoms with Gasteiger partial charge < -0.3 is 19.1 Å². The predicted molar refractivity (Wildman–Crippen MR) is 71.3 cm³/mol. The summed E-state index contributed by atoms with van der Waals surface area (Å²) >= 11 is 0. The standard InChI is InChI=1S/C14H18N2O3/c1-2-18-14-9-12(10-17)3-4-13(14)19-8-7-16-6-5-15-11-16/h3-6,9,11,17H,2,7-8,10H2,1H3. The van der Waals surface area contributed by atoms with Crippen LogP contribution in [-0.4, -0.2) is 27.9 Å². The first-order valence-corrected chi connectivity index (χ1v) is 6.28. The van der Waals surface area contributed by atoms with Gasteiger partial charge in [-0.25, -0.2) is 4.98 Å². The highest BCUT2D eigenvalue weighted by Crippen LogP contribution is 2.28. The van der Waals surface area contributed by atoms with Gasteiger partial charge in [0, 0.05) is 12.4 Å². The van der Waals surface area contributed by atoms with Crippen molar-refractivity contribution in [2.45, 2.75) is 20.1 Å². The first-order valence-electron chi connectivity index (χ1n) is 6.28. The average molecular weight is 262 g/mol. The van der Waals surface area contributed by atoms with Gasteiger partial charge in [0.25, 0.3) is 0 Å². The minimum absolute atomic E-state index is 0.00457. The molecule has 0 bridgehead atoms. The maximum Gasteiger partial charge on any atom is 0.161 e. The second-order valence-electron chi connectivity index (χ2n) is 4.02. The molecule has 2 aromatic rings. The number of nitrogens with zero attached hydrogens (tertiary/aromatic N) is 2. The van der Waals surface area contributed by atoms with E-state index in [0.29, 0.717) is 24.7 Å². The van der Waals surface area contributed by atoms with Crippen molar-refractivity contribution in [3.05, 3.63) is 42.5 Å². The van der Waals surface area contributed by atoms with Gasteiger partial charge in [0.1, 0.15) is 6.61 Å². The second kappa shape index (κ2) is 6.80. The van der Waals surface area contributed by atoms with Crippen LogP contribution in [0.25, 0.3) is 0 Å². The normalized spacial score (nSPS) is 10.4. The molecule has 0 atom stereocenters. The maximum atomic E-state index is 9.12. The largest absolute Gasteiger partial charge is 0.490 e. The summed E-state index contributed by atoms with van der Waals surface area (Å²) in [4.78, 5) is 3.97. The molecule has 19 heavy (non-hydrogen) atoms. The summed E-state index contributed by atoms with van der Waals surface area (Å²) in [5.74, 6) is 1.36. The van der Waals surface area contributed by atoms with Crippen molar-refractivity contribution in [3.63, 3.8) is 0 Å². The third-order valence-corrected chi connectivity index (χ3v) is 2.66. The fourth-order valence-electron chi connectivity index (χ4n) is 1.72. The fraction of sp³-hybridized carbons (Fsp3) is 0.357. The molecule has 1 N–H and O–H groups in total. The van der Waals surface area contributed by atoms with E-state index in [4.69, 9.17) is 14.6 Å². The molecule has 0 fully saturated rings. The summed E-state index contributed by atoms with van der Waals surface area (Å²) < 4.78 is 13.2. The molecule has 0 saturated heterocycles. The number of ether oxygens (including phenoxy) is 2. The lowest BCUT2D eigenvalue weighted by atomic mass is 10.2. The van der Waals surface area contributed by atoms with Gasteiger partial charge >= 0.3 is 0 Å². The number of rotatable bonds is 7. The lowest BCUT2D eigenvalue weighted by molar-refractivity contribution is 0.262. The molecule has 0 aliphatic carbocycles. The first-order chi connectivity index (χ1) is 9.33. The van der Waals surface area contributed by atoms with Crippen LogP contribution >= 0.6 is 0 Å². The van der Waals surface area contributed by atoms with E-state index in [2.05, 4.69) is 4.98 Å². The Morgan fingerprint density at radius 3 is 2.84 bits per heavy atom. The zero-order valence-corrected chi connectivity index (χ0v) is 11.0. The van der Waals surface area contributed by atoms with Crippen LogP contribution in [0.15, 0.2) is 36.9 Å². The van der Waals surface area contributed by atoms with Gasteiger partial charge in [0.05, 0.1) is 26.1 Å². The Morgan fingerprint density at radius 2 is 2.16 bits per heavy atom. The van der Waals surface area contributed by atoms with Gasteiger partial charge in [-0.2, -0.15) is 0 Å². The second-order valence-corrected chi connectivity index (χ2v) is 4.02. The van der Waals surface area contributed by atoms with Crippen LogP contribution in [0.5, 0.6) is 11.5 Å². The summed E-state index contributed by atoms with van der Waals surface area (Å²) in [5, 5.41) is 9.12. The van der Waals surface area contributed by atoms with Crippen molar-refractivity contribution < 1.29 is 14.6 Å². The van der Waals surface area contributed by atoms with E-state index in [1.807, 2.05) is 29.8 Å². The van der Waals surface area contributed by atoms with Crippen LogP contribution in [0.4, 0.5) is 0 Å². The summed E-state index contributed by atoms with van der Waals surface area (Å²) in [6.07, 6.45) is 5.38. The van der Waals surface area contributed by atoms with Crippen LogP contribution in [0.3, 0.4) is 0 Å². The zero-order chi connectivity index (χ0) is 13.5. The van der Waals surface area contributed by atoms with E-state index in [1.54, 1.807) is 18.6 Å². The van der Waals surface area contributed by atoms with Crippen LogP contribution in [-0.2, 0) is 13.2 Å². The molecule has 0 spiro atoms. The number of benzene rings is 1. The van der Waals surface area contributed by atoms with E-state index in [0.717, 1.165) is 12.1 Å². The van der Waals surface area contributed by atoms with Crippen LogP contribution in [0.1, 0.15) is 12.5 Å². The smallest absolute Gasteiger partial charge is 0.161 e. The number of hydrogen-bond donors (Lipinski definition) is 1. The number of imidazole rings is 1. The molecule has 2 rings (SSSR count). The predicted octanol–water partition coefficient (Wildman–Crippen LogP) is 1.85. The third kappa shape index (κ3) is 3.72. The molecular weight excluding hydrogens is 244 g/mol. The van der Waals surface area contributed by atoms with Crippen molar-refractivity contribution in [2.75, 3.05) is 13.2 Å². The molecule has 0 unspecified atom stereocenters. The SMILES string of the molecule is CCOc1cc(CO)ccc1OCCn1ccnc1. The lowest BCUT2D eigenvalue weighted by Crippen LogP contribution is -2.07. The molecule has 1 aromatic heterocycles. The van der Waals surface area contributed by atoms with Crippen molar-refractivity contribution in [1.82, 2.24) is 9.55 Å². The Bertz CT molecular complexity index is 497. The summed E-state index contributed by atoms with van der Waals surface area (Å²) in [7, 11) is 0. The summed E-state index contributed by atoms with van der Waals surface area (Å²) in [5.41, 5.74) is 0.811. The fourth-order valence-corrected chi connectivity index (χ4v) is 1.72. The van der Waals surface area contributed by atoms with Crippen molar-refractivity contribution in [2.24, 2.45) is 0 Å². The van der Waals surface area contributed by atoms with Gasteiger partial charge in [-0.1, -0.05) is 6.07 Å². The highest BCUT2D eigenvalue weighted by molar-refractivity contribution is 5.42. The van der Waals surface area contributed by atoms with Gasteiger partial charge in [-0.15, -0.1) is 0 Å². The van der Waals surface area contributed by atoms with Gasteiger partial charge in [0.2, 0.25) is 0 Å². The number of aliphatic hydroxyl groups excluding tert-OH is 1. The van der Waals surface area contributed by atoms with E-state index >= 15 is 0 Å². The number of aromatic nitrogens is 2. The average Bonchev–Trinajstić information content (AvgIpc) is 2.94. The molecule has 5 nitrogen and oxygen atoms in total. The summed E-state index contributed by atoms with van der Waals surface area (Å²) in [6, 6.07) is 5.45. The van der Waals surface area contributed by atoms with Crippen LogP contribution in [0, 0.1) is 0 Å². The van der Waals surface area contributed by atoms with E-state index in [-0.39, 0.29) is 6.61 Å². The Labute approximate surface area is 112 Å². The monoisotopic (exact) mass is 262 g/mol. The quantitative estimate of drug-likeness (QED) is 0.827. The zero-order valence-electron chi connectivity index (χ0n) is 11.0. The molecule has 1 heterocycles. The van der Waals surface area contributed by atoms with Crippen molar-refractivity contribution in [1.29, 1.82) is 0 Å². The van der Waals surface area contributed by atoms with Crippen molar-refractivity contribution >= 4 is 0 Å². The van der Waals surface area contributed by atoms with Gasteiger partial charge in [-0.05, 0) is 24.6 Å². The molecule has 0 saturated carbocycles. The van der Waals surface area contributed by atoms with Crippen LogP contribution < -0.4 is 9.47 Å². The first kappa shape index (κ1) is 13.4. The van der Waals surface area contributed by atoms with Gasteiger partial charge in [-0.3, -0.25) is 0 Å². The topological polar surface area (TPSA) is 56.5 Å². The van der Waals surface area contributed by atoms with E-state index in [9.17, 15) is 0 Å². The Balaban J connectivity index is 1.98. The Hall–Kier alpha value is -2.01. The molecule has 1 aromatic carbocycles. The minimum atomic E-state index is -0.00457. The molecule has 5 heteroatoms. The Morgan fingerprint density at radius 1 is 1.26 bits per heavy atom. The van der Waals surface area contributed by atoms with Crippen LogP contribution in [0.2, 0.25) is 0 Å². The highest BCUT2D eigenvalue weighted by atomic mass is 16.5. The number of hydrogen-bond acceptors (Lipinski definition) is 4. The molecule has 102 valence electrons. The molecule has 0 radical (unpaired) electrons. The molecular formula is C14H18N2O3. The Kier molecular flexibility index (Phi) is 4.80. The van der Waals surface area contributed by atoms with E-state index < -0.39 is 0 Å². The van der Waals surface area contributed by atoms with Gasteiger partial charge in [0.15, 0.2) is 11.5 Å². The summed E-state index contributed by atoms with van der Waals surface area (Å²) in [6.45, 7) is 3.74. The molecule has 0 amide bonds. The van der Waals surface area contributed by atoms with E-state index in [1.165, 1.54) is 0 Å². The maximum absolute atomic E-state index is 9.12. The highest BCUT2D eigenvalue weighted by Gasteiger charge is 2.06. The molecule has 0 aliphatic heterocycles.